The Labute approximate surface area is 104 Å². The Bertz CT molecular complexity index is 509. The van der Waals surface area contributed by atoms with Crippen molar-refractivity contribution in [1.82, 2.24) is 0 Å². The van der Waals surface area contributed by atoms with Gasteiger partial charge >= 0.3 is 0 Å². The molecule has 1 aromatic carbocycles. The van der Waals surface area contributed by atoms with E-state index in [2.05, 4.69) is 0 Å². The molecule has 0 saturated carbocycles. The standard InChI is InChI=1S/C10H11ClO5S/c1-14-8-3-2-4-9(17(11,12)13)10(8)16-7-5-15-6-7/h2-4,7H,5-6H2,1H3. The summed E-state index contributed by atoms with van der Waals surface area (Å²) in [6.07, 6.45) is -0.163. The molecule has 0 radical (unpaired) electrons. The van der Waals surface area contributed by atoms with Gasteiger partial charge in [0.15, 0.2) is 11.5 Å². The maximum atomic E-state index is 11.4. The van der Waals surface area contributed by atoms with Crippen LogP contribution in [-0.2, 0) is 13.8 Å². The Balaban J connectivity index is 2.43. The minimum absolute atomic E-state index is 0.0922. The van der Waals surface area contributed by atoms with Crippen molar-refractivity contribution in [1.29, 1.82) is 0 Å². The number of ether oxygens (including phenoxy) is 3. The molecule has 1 fully saturated rings. The maximum Gasteiger partial charge on any atom is 0.265 e. The van der Waals surface area contributed by atoms with E-state index in [1.54, 1.807) is 6.07 Å². The lowest BCUT2D eigenvalue weighted by molar-refractivity contribution is -0.0814. The minimum atomic E-state index is -3.87. The van der Waals surface area contributed by atoms with E-state index in [0.29, 0.717) is 19.0 Å². The zero-order valence-electron chi connectivity index (χ0n) is 9.05. The van der Waals surface area contributed by atoms with Gasteiger partial charge in [0.1, 0.15) is 11.0 Å². The third kappa shape index (κ3) is 2.65. The number of benzene rings is 1. The molecule has 0 aromatic heterocycles. The zero-order valence-corrected chi connectivity index (χ0v) is 10.6. The Morgan fingerprint density at radius 2 is 2.12 bits per heavy atom. The van der Waals surface area contributed by atoms with E-state index in [-0.39, 0.29) is 16.7 Å². The number of para-hydroxylation sites is 1. The van der Waals surface area contributed by atoms with Crippen LogP contribution < -0.4 is 9.47 Å². The lowest BCUT2D eigenvalue weighted by Crippen LogP contribution is -2.38. The van der Waals surface area contributed by atoms with Crippen LogP contribution in [-0.4, -0.2) is 34.8 Å². The first-order valence-electron chi connectivity index (χ1n) is 4.88. The second-order valence-corrected chi connectivity index (χ2v) is 6.04. The fraction of sp³-hybridized carbons (Fsp3) is 0.400. The highest BCUT2D eigenvalue weighted by molar-refractivity contribution is 8.13. The third-order valence-corrected chi connectivity index (χ3v) is 3.66. The molecule has 0 amide bonds. The number of hydrogen-bond donors (Lipinski definition) is 0. The summed E-state index contributed by atoms with van der Waals surface area (Å²) in [5, 5.41) is 0. The summed E-state index contributed by atoms with van der Waals surface area (Å²) in [5.74, 6) is 0.469. The lowest BCUT2D eigenvalue weighted by atomic mass is 10.3. The molecule has 2 rings (SSSR count). The van der Waals surface area contributed by atoms with Gasteiger partial charge in [0.05, 0.1) is 20.3 Å². The quantitative estimate of drug-likeness (QED) is 0.779. The molecule has 1 aromatic rings. The predicted molar refractivity (Wildman–Crippen MR) is 61.3 cm³/mol. The summed E-state index contributed by atoms with van der Waals surface area (Å²) in [6, 6.07) is 4.53. The molecule has 94 valence electrons. The summed E-state index contributed by atoms with van der Waals surface area (Å²) in [6.45, 7) is 0.861. The van der Waals surface area contributed by atoms with Crippen LogP contribution in [0.25, 0.3) is 0 Å². The van der Waals surface area contributed by atoms with Gasteiger partial charge in [-0.1, -0.05) is 6.07 Å². The molecule has 0 bridgehead atoms. The average molecular weight is 279 g/mol. The molecular weight excluding hydrogens is 268 g/mol. The van der Waals surface area contributed by atoms with Gasteiger partial charge in [0.25, 0.3) is 9.05 Å². The van der Waals surface area contributed by atoms with Gasteiger partial charge in [-0.2, -0.15) is 0 Å². The first kappa shape index (κ1) is 12.5. The van der Waals surface area contributed by atoms with E-state index in [0.717, 1.165) is 0 Å². The maximum absolute atomic E-state index is 11.4. The van der Waals surface area contributed by atoms with E-state index in [4.69, 9.17) is 24.9 Å². The molecule has 0 unspecified atom stereocenters. The van der Waals surface area contributed by atoms with Crippen LogP contribution >= 0.6 is 10.7 Å². The molecular formula is C10H11ClO5S. The molecule has 1 heterocycles. The van der Waals surface area contributed by atoms with Crippen molar-refractivity contribution in [2.24, 2.45) is 0 Å². The second kappa shape index (κ2) is 4.72. The van der Waals surface area contributed by atoms with E-state index < -0.39 is 9.05 Å². The van der Waals surface area contributed by atoms with E-state index in [1.807, 2.05) is 0 Å². The Morgan fingerprint density at radius 3 is 2.59 bits per heavy atom. The van der Waals surface area contributed by atoms with Gasteiger partial charge in [-0.25, -0.2) is 8.42 Å². The van der Waals surface area contributed by atoms with Crippen molar-refractivity contribution >= 4 is 19.7 Å². The lowest BCUT2D eigenvalue weighted by Gasteiger charge is -2.28. The number of halogens is 1. The van der Waals surface area contributed by atoms with Gasteiger partial charge in [-0.05, 0) is 12.1 Å². The van der Waals surface area contributed by atoms with Crippen molar-refractivity contribution in [3.05, 3.63) is 18.2 Å². The molecule has 1 saturated heterocycles. The molecule has 0 N–H and O–H groups in total. The van der Waals surface area contributed by atoms with Crippen molar-refractivity contribution in [2.75, 3.05) is 20.3 Å². The fourth-order valence-corrected chi connectivity index (χ4v) is 2.39. The monoisotopic (exact) mass is 278 g/mol. The number of hydrogen-bond acceptors (Lipinski definition) is 5. The summed E-state index contributed by atoms with van der Waals surface area (Å²) < 4.78 is 38.4. The normalized spacial score (nSPS) is 16.4. The molecule has 17 heavy (non-hydrogen) atoms. The molecule has 1 aliphatic rings. The van der Waals surface area contributed by atoms with Gasteiger partial charge in [-0.15, -0.1) is 0 Å². The van der Waals surface area contributed by atoms with Crippen molar-refractivity contribution in [3.8, 4) is 11.5 Å². The van der Waals surface area contributed by atoms with Crippen LogP contribution in [0.3, 0.4) is 0 Å². The number of rotatable bonds is 4. The topological polar surface area (TPSA) is 61.8 Å². The summed E-state index contributed by atoms with van der Waals surface area (Å²) >= 11 is 0. The van der Waals surface area contributed by atoms with Crippen molar-refractivity contribution in [2.45, 2.75) is 11.0 Å². The van der Waals surface area contributed by atoms with Crippen LogP contribution in [0.4, 0.5) is 0 Å². The summed E-state index contributed by atoms with van der Waals surface area (Å²) in [4.78, 5) is -0.0922. The largest absolute Gasteiger partial charge is 0.493 e. The average Bonchev–Trinajstić information content (AvgIpc) is 2.21. The molecule has 5 nitrogen and oxygen atoms in total. The first-order chi connectivity index (χ1) is 8.02. The molecule has 0 aliphatic carbocycles. The zero-order chi connectivity index (χ0) is 12.5. The highest BCUT2D eigenvalue weighted by atomic mass is 35.7. The Hall–Kier alpha value is -0.980. The van der Waals surface area contributed by atoms with Gasteiger partial charge in [-0.3, -0.25) is 0 Å². The number of methoxy groups -OCH3 is 1. The SMILES string of the molecule is COc1cccc(S(=O)(=O)Cl)c1OC1COC1. The van der Waals surface area contributed by atoms with E-state index in [9.17, 15) is 8.42 Å². The van der Waals surface area contributed by atoms with Crippen molar-refractivity contribution in [3.63, 3.8) is 0 Å². The Morgan fingerprint density at radius 1 is 1.41 bits per heavy atom. The summed E-state index contributed by atoms with van der Waals surface area (Å²) in [7, 11) is 2.91. The van der Waals surface area contributed by atoms with E-state index >= 15 is 0 Å². The molecule has 0 atom stereocenters. The first-order valence-corrected chi connectivity index (χ1v) is 7.19. The molecule has 1 aliphatic heterocycles. The smallest absolute Gasteiger partial charge is 0.265 e. The van der Waals surface area contributed by atoms with Crippen molar-refractivity contribution < 1.29 is 22.6 Å². The molecule has 7 heteroatoms. The van der Waals surface area contributed by atoms with Crippen LogP contribution in [0, 0.1) is 0 Å². The Kier molecular flexibility index (Phi) is 3.46. The van der Waals surface area contributed by atoms with E-state index in [1.165, 1.54) is 19.2 Å². The van der Waals surface area contributed by atoms with Gasteiger partial charge in [0.2, 0.25) is 0 Å². The van der Waals surface area contributed by atoms with Crippen LogP contribution in [0.2, 0.25) is 0 Å². The summed E-state index contributed by atoms with van der Waals surface area (Å²) in [5.41, 5.74) is 0. The van der Waals surface area contributed by atoms with Crippen LogP contribution in [0.5, 0.6) is 11.5 Å². The van der Waals surface area contributed by atoms with Gasteiger partial charge in [0, 0.05) is 10.7 Å². The fourth-order valence-electron chi connectivity index (χ4n) is 1.41. The minimum Gasteiger partial charge on any atom is -0.493 e. The predicted octanol–water partition coefficient (Wildman–Crippen LogP) is 1.40. The third-order valence-electron chi connectivity index (χ3n) is 2.32. The molecule has 0 spiro atoms. The highest BCUT2D eigenvalue weighted by Crippen LogP contribution is 2.37. The van der Waals surface area contributed by atoms with Crippen LogP contribution in [0.15, 0.2) is 23.1 Å². The van der Waals surface area contributed by atoms with Crippen LogP contribution in [0.1, 0.15) is 0 Å². The van der Waals surface area contributed by atoms with Gasteiger partial charge < -0.3 is 14.2 Å². The second-order valence-electron chi connectivity index (χ2n) is 3.50. The highest BCUT2D eigenvalue weighted by Gasteiger charge is 2.27.